The highest BCUT2D eigenvalue weighted by Crippen LogP contribution is 2.02. The van der Waals surface area contributed by atoms with Gasteiger partial charge in [0.1, 0.15) is 6.33 Å². The molecule has 0 aliphatic heterocycles. The van der Waals surface area contributed by atoms with Crippen LogP contribution >= 0.6 is 0 Å². The number of nitrogens with zero attached hydrogens (tertiary/aromatic N) is 4. The first-order valence-corrected chi connectivity index (χ1v) is 8.35. The van der Waals surface area contributed by atoms with Crippen LogP contribution in [0.1, 0.15) is 31.7 Å². The van der Waals surface area contributed by atoms with E-state index < -0.39 is 0 Å². The Morgan fingerprint density at radius 1 is 1.29 bits per heavy atom. The zero-order valence-electron chi connectivity index (χ0n) is 14.4. The van der Waals surface area contributed by atoms with Crippen molar-refractivity contribution in [3.63, 3.8) is 0 Å². The van der Waals surface area contributed by atoms with E-state index in [1.165, 1.54) is 0 Å². The Morgan fingerprint density at radius 3 is 2.79 bits per heavy atom. The highest BCUT2D eigenvalue weighted by molar-refractivity contribution is 5.74. The third-order valence-electron chi connectivity index (χ3n) is 3.66. The van der Waals surface area contributed by atoms with E-state index >= 15 is 0 Å². The lowest BCUT2D eigenvalue weighted by molar-refractivity contribution is 0.205. The maximum atomic E-state index is 12.3. The predicted molar refractivity (Wildman–Crippen MR) is 95.3 cm³/mol. The first-order valence-electron chi connectivity index (χ1n) is 8.35. The number of aryl methyl sites for hydroxylation is 1. The molecule has 0 aliphatic rings. The summed E-state index contributed by atoms with van der Waals surface area (Å²) in [6.45, 7) is 6.52. The van der Waals surface area contributed by atoms with Gasteiger partial charge in [0.15, 0.2) is 5.82 Å². The van der Waals surface area contributed by atoms with E-state index in [0.29, 0.717) is 19.6 Å². The molecule has 0 saturated carbocycles. The molecule has 0 aliphatic carbocycles. The molecule has 24 heavy (non-hydrogen) atoms. The predicted octanol–water partition coefficient (Wildman–Crippen LogP) is 2.93. The van der Waals surface area contributed by atoms with Crippen LogP contribution in [0.2, 0.25) is 0 Å². The topological polar surface area (TPSA) is 63.1 Å². The minimum Gasteiger partial charge on any atom is -0.331 e. The van der Waals surface area contributed by atoms with Gasteiger partial charge in [0.2, 0.25) is 0 Å². The molecular weight excluding hydrogens is 302 g/mol. The number of amides is 2. The molecule has 1 N–H and O–H groups in total. The number of aromatic nitrogens is 3. The summed E-state index contributed by atoms with van der Waals surface area (Å²) in [5, 5.41) is 10.9. The summed E-state index contributed by atoms with van der Waals surface area (Å²) >= 11 is 0. The molecule has 0 atom stereocenters. The molecule has 0 spiro atoms. The SMILES string of the molecule is CCCn1cnnc1CNC(=O)N(CC)CC=Cc1ccccc1. The largest absolute Gasteiger partial charge is 0.331 e. The highest BCUT2D eigenvalue weighted by atomic mass is 16.2. The van der Waals surface area contributed by atoms with Crippen LogP contribution in [0.25, 0.3) is 6.08 Å². The fraction of sp³-hybridized carbons (Fsp3) is 0.389. The molecule has 2 aromatic rings. The van der Waals surface area contributed by atoms with Gasteiger partial charge in [-0.3, -0.25) is 0 Å². The molecule has 128 valence electrons. The number of likely N-dealkylation sites (N-methyl/N-ethyl adjacent to an activating group) is 1. The number of rotatable bonds is 8. The van der Waals surface area contributed by atoms with Crippen molar-refractivity contribution in [1.29, 1.82) is 0 Å². The smallest absolute Gasteiger partial charge is 0.318 e. The van der Waals surface area contributed by atoms with E-state index in [4.69, 9.17) is 0 Å². The van der Waals surface area contributed by atoms with Gasteiger partial charge >= 0.3 is 6.03 Å². The van der Waals surface area contributed by atoms with Crippen LogP contribution in [0.15, 0.2) is 42.7 Å². The van der Waals surface area contributed by atoms with Crippen molar-refractivity contribution >= 4 is 12.1 Å². The molecule has 1 aromatic carbocycles. The summed E-state index contributed by atoms with van der Waals surface area (Å²) in [5.41, 5.74) is 1.13. The first-order chi connectivity index (χ1) is 11.7. The van der Waals surface area contributed by atoms with Crippen LogP contribution in [-0.4, -0.2) is 38.8 Å². The maximum absolute atomic E-state index is 12.3. The molecule has 0 unspecified atom stereocenters. The van der Waals surface area contributed by atoms with Gasteiger partial charge in [0.25, 0.3) is 0 Å². The Hall–Kier alpha value is -2.63. The van der Waals surface area contributed by atoms with Crippen molar-refractivity contribution in [3.8, 4) is 0 Å². The zero-order valence-corrected chi connectivity index (χ0v) is 14.4. The summed E-state index contributed by atoms with van der Waals surface area (Å²) in [7, 11) is 0. The van der Waals surface area contributed by atoms with Gasteiger partial charge in [0, 0.05) is 19.6 Å². The summed E-state index contributed by atoms with van der Waals surface area (Å²) in [4.78, 5) is 14.1. The number of hydrogen-bond donors (Lipinski definition) is 1. The fourth-order valence-corrected chi connectivity index (χ4v) is 2.35. The number of hydrogen-bond acceptors (Lipinski definition) is 3. The first kappa shape index (κ1) is 17.7. The van der Waals surface area contributed by atoms with Crippen LogP contribution in [0.3, 0.4) is 0 Å². The van der Waals surface area contributed by atoms with Crippen molar-refractivity contribution in [2.24, 2.45) is 0 Å². The lowest BCUT2D eigenvalue weighted by atomic mass is 10.2. The van der Waals surface area contributed by atoms with E-state index in [9.17, 15) is 4.79 Å². The average molecular weight is 327 g/mol. The summed E-state index contributed by atoms with van der Waals surface area (Å²) in [6, 6.07) is 9.95. The molecule has 0 saturated heterocycles. The average Bonchev–Trinajstić information content (AvgIpc) is 3.05. The van der Waals surface area contributed by atoms with E-state index in [1.54, 1.807) is 11.2 Å². The van der Waals surface area contributed by atoms with Crippen molar-refractivity contribution in [2.45, 2.75) is 33.4 Å². The van der Waals surface area contributed by atoms with Crippen molar-refractivity contribution < 1.29 is 4.79 Å². The van der Waals surface area contributed by atoms with Gasteiger partial charge in [-0.1, -0.05) is 49.4 Å². The lowest BCUT2D eigenvalue weighted by Gasteiger charge is -2.19. The molecule has 6 heteroatoms. The van der Waals surface area contributed by atoms with Gasteiger partial charge in [-0.05, 0) is 18.9 Å². The van der Waals surface area contributed by atoms with Gasteiger partial charge in [0.05, 0.1) is 6.54 Å². The monoisotopic (exact) mass is 327 g/mol. The third-order valence-corrected chi connectivity index (χ3v) is 3.66. The Kier molecular flexibility index (Phi) is 7.01. The van der Waals surface area contributed by atoms with E-state index in [1.807, 2.05) is 54.0 Å². The van der Waals surface area contributed by atoms with Crippen LogP contribution < -0.4 is 5.32 Å². The number of carbonyl (C=O) groups excluding carboxylic acids is 1. The minimum absolute atomic E-state index is 0.0961. The van der Waals surface area contributed by atoms with Gasteiger partial charge in [-0.25, -0.2) is 4.79 Å². The molecule has 1 heterocycles. The molecule has 0 radical (unpaired) electrons. The second-order valence-electron chi connectivity index (χ2n) is 5.45. The van der Waals surface area contributed by atoms with Crippen LogP contribution in [0.4, 0.5) is 4.79 Å². The van der Waals surface area contributed by atoms with Crippen molar-refractivity contribution in [2.75, 3.05) is 13.1 Å². The lowest BCUT2D eigenvalue weighted by Crippen LogP contribution is -2.40. The Morgan fingerprint density at radius 2 is 2.08 bits per heavy atom. The molecule has 2 amide bonds. The second-order valence-corrected chi connectivity index (χ2v) is 5.45. The van der Waals surface area contributed by atoms with E-state index in [0.717, 1.165) is 24.4 Å². The molecular formula is C18H25N5O. The summed E-state index contributed by atoms with van der Waals surface area (Å²) in [6.07, 6.45) is 6.72. The van der Waals surface area contributed by atoms with Crippen molar-refractivity contribution in [1.82, 2.24) is 25.0 Å². The van der Waals surface area contributed by atoms with Crippen molar-refractivity contribution in [3.05, 3.63) is 54.1 Å². The van der Waals surface area contributed by atoms with Crippen LogP contribution in [-0.2, 0) is 13.1 Å². The highest BCUT2D eigenvalue weighted by Gasteiger charge is 2.11. The maximum Gasteiger partial charge on any atom is 0.318 e. The Bertz CT molecular complexity index is 650. The van der Waals surface area contributed by atoms with Gasteiger partial charge in [-0.15, -0.1) is 10.2 Å². The standard InChI is InChI=1S/C18H25N5O/c1-3-12-23-15-20-21-17(23)14-19-18(24)22(4-2)13-8-11-16-9-6-5-7-10-16/h5-11,15H,3-4,12-14H2,1-2H3,(H,19,24). The van der Waals surface area contributed by atoms with Crippen LogP contribution in [0.5, 0.6) is 0 Å². The second kappa shape index (κ2) is 9.50. The number of urea groups is 1. The summed E-state index contributed by atoms with van der Waals surface area (Å²) in [5.74, 6) is 0.779. The molecule has 1 aromatic heterocycles. The third kappa shape index (κ3) is 5.22. The minimum atomic E-state index is -0.0961. The van der Waals surface area contributed by atoms with E-state index in [-0.39, 0.29) is 6.03 Å². The number of carbonyl (C=O) groups is 1. The Balaban J connectivity index is 1.84. The number of nitrogens with one attached hydrogen (secondary N) is 1. The molecule has 0 bridgehead atoms. The summed E-state index contributed by atoms with van der Waals surface area (Å²) < 4.78 is 1.96. The van der Waals surface area contributed by atoms with Gasteiger partial charge < -0.3 is 14.8 Å². The van der Waals surface area contributed by atoms with Gasteiger partial charge in [-0.2, -0.15) is 0 Å². The quantitative estimate of drug-likeness (QED) is 0.811. The molecule has 0 fully saturated rings. The van der Waals surface area contributed by atoms with E-state index in [2.05, 4.69) is 22.4 Å². The fourth-order valence-electron chi connectivity index (χ4n) is 2.35. The Labute approximate surface area is 143 Å². The molecule has 2 rings (SSSR count). The normalized spacial score (nSPS) is 10.9. The zero-order chi connectivity index (χ0) is 17.2. The molecule has 6 nitrogen and oxygen atoms in total. The van der Waals surface area contributed by atoms with Crippen LogP contribution in [0, 0.1) is 0 Å². The number of benzene rings is 1.